The van der Waals surface area contributed by atoms with Gasteiger partial charge in [0.25, 0.3) is 0 Å². The standard InChI is InChI=1S/C15H18FN3O2/c1-20-14-11(16)3-2-10-13(14)21-18-15(10)17-12-8-19-6-4-9(12)5-7-19/h2-3,9,12H,4-8H2,1H3,(H,17,18)/t12-/m1/s1. The number of hydrogen-bond donors (Lipinski definition) is 1. The summed E-state index contributed by atoms with van der Waals surface area (Å²) in [5.41, 5.74) is 0.362. The van der Waals surface area contributed by atoms with E-state index in [0.717, 1.165) is 11.9 Å². The highest BCUT2D eigenvalue weighted by Gasteiger charge is 2.34. The van der Waals surface area contributed by atoms with Crippen molar-refractivity contribution in [3.05, 3.63) is 17.9 Å². The highest BCUT2D eigenvalue weighted by molar-refractivity contribution is 5.92. The van der Waals surface area contributed by atoms with Gasteiger partial charge in [-0.2, -0.15) is 0 Å². The Morgan fingerprint density at radius 3 is 2.86 bits per heavy atom. The Hall–Kier alpha value is -1.82. The van der Waals surface area contributed by atoms with Crippen molar-refractivity contribution in [2.24, 2.45) is 5.92 Å². The highest BCUT2D eigenvalue weighted by Crippen LogP contribution is 2.35. The van der Waals surface area contributed by atoms with E-state index >= 15 is 0 Å². The monoisotopic (exact) mass is 291 g/mol. The van der Waals surface area contributed by atoms with Gasteiger partial charge in [0.1, 0.15) is 0 Å². The third-order valence-electron chi connectivity index (χ3n) is 4.73. The van der Waals surface area contributed by atoms with Crippen molar-refractivity contribution in [1.82, 2.24) is 10.1 Å². The average Bonchev–Trinajstić information content (AvgIpc) is 2.91. The number of methoxy groups -OCH3 is 1. The number of benzene rings is 1. The molecule has 0 radical (unpaired) electrons. The molecule has 1 aromatic heterocycles. The van der Waals surface area contributed by atoms with Crippen molar-refractivity contribution in [3.63, 3.8) is 0 Å². The van der Waals surface area contributed by atoms with E-state index in [-0.39, 0.29) is 5.75 Å². The molecule has 0 aliphatic carbocycles. The first-order valence-electron chi connectivity index (χ1n) is 7.37. The largest absolute Gasteiger partial charge is 0.490 e. The number of anilines is 1. The molecule has 1 N–H and O–H groups in total. The lowest BCUT2D eigenvalue weighted by Gasteiger charge is -2.44. The minimum absolute atomic E-state index is 0.113. The van der Waals surface area contributed by atoms with Crippen molar-refractivity contribution in [1.29, 1.82) is 0 Å². The van der Waals surface area contributed by atoms with Crippen LogP contribution < -0.4 is 10.1 Å². The Bertz CT molecular complexity index is 664. The normalized spacial score (nSPS) is 28.0. The molecule has 3 aliphatic heterocycles. The highest BCUT2D eigenvalue weighted by atomic mass is 19.1. The maximum atomic E-state index is 13.7. The van der Waals surface area contributed by atoms with Crippen molar-refractivity contribution in [2.75, 3.05) is 32.1 Å². The molecule has 4 heterocycles. The first kappa shape index (κ1) is 12.9. The van der Waals surface area contributed by atoms with Crippen molar-refractivity contribution >= 4 is 16.8 Å². The second-order valence-corrected chi connectivity index (χ2v) is 5.88. The van der Waals surface area contributed by atoms with Crippen LogP contribution in [0, 0.1) is 11.7 Å². The molecule has 112 valence electrons. The number of nitrogens with zero attached hydrogens (tertiary/aromatic N) is 2. The lowest BCUT2D eigenvalue weighted by atomic mass is 9.84. The molecule has 0 spiro atoms. The van der Waals surface area contributed by atoms with E-state index in [2.05, 4.69) is 15.4 Å². The van der Waals surface area contributed by atoms with E-state index in [4.69, 9.17) is 9.26 Å². The maximum Gasteiger partial charge on any atom is 0.213 e. The summed E-state index contributed by atoms with van der Waals surface area (Å²) in [6.07, 6.45) is 2.46. The van der Waals surface area contributed by atoms with Crippen LogP contribution in [-0.2, 0) is 0 Å². The summed E-state index contributed by atoms with van der Waals surface area (Å²) in [6.45, 7) is 3.43. The molecule has 0 amide bonds. The second kappa shape index (κ2) is 4.87. The van der Waals surface area contributed by atoms with Crippen LogP contribution in [0.3, 0.4) is 0 Å². The van der Waals surface area contributed by atoms with Gasteiger partial charge in [0, 0.05) is 12.6 Å². The van der Waals surface area contributed by atoms with Crippen LogP contribution in [0.1, 0.15) is 12.8 Å². The first-order valence-corrected chi connectivity index (χ1v) is 7.37. The summed E-state index contributed by atoms with van der Waals surface area (Å²) >= 11 is 0. The van der Waals surface area contributed by atoms with Gasteiger partial charge in [0.2, 0.25) is 11.3 Å². The fourth-order valence-electron chi connectivity index (χ4n) is 3.55. The Morgan fingerprint density at radius 2 is 2.19 bits per heavy atom. The van der Waals surface area contributed by atoms with Gasteiger partial charge in [-0.3, -0.25) is 0 Å². The lowest BCUT2D eigenvalue weighted by molar-refractivity contribution is 0.0973. The number of nitrogens with one attached hydrogen (secondary N) is 1. The van der Waals surface area contributed by atoms with Gasteiger partial charge in [-0.15, -0.1) is 0 Å². The Morgan fingerprint density at radius 1 is 1.38 bits per heavy atom. The molecule has 3 aliphatic rings. The third kappa shape index (κ3) is 2.05. The summed E-state index contributed by atoms with van der Waals surface area (Å²) in [6, 6.07) is 3.46. The van der Waals surface area contributed by atoms with Gasteiger partial charge in [-0.1, -0.05) is 5.16 Å². The first-order chi connectivity index (χ1) is 10.3. The van der Waals surface area contributed by atoms with Crippen molar-refractivity contribution in [2.45, 2.75) is 18.9 Å². The topological polar surface area (TPSA) is 50.5 Å². The number of halogens is 1. The van der Waals surface area contributed by atoms with Crippen LogP contribution in [0.5, 0.6) is 5.75 Å². The van der Waals surface area contributed by atoms with Crippen LogP contribution >= 0.6 is 0 Å². The molecule has 2 aromatic rings. The van der Waals surface area contributed by atoms with Crippen LogP contribution in [-0.4, -0.2) is 42.8 Å². The number of piperidine rings is 3. The fraction of sp³-hybridized carbons (Fsp3) is 0.533. The van der Waals surface area contributed by atoms with Crippen LogP contribution in [0.15, 0.2) is 16.7 Å². The number of hydrogen-bond acceptors (Lipinski definition) is 5. The third-order valence-corrected chi connectivity index (χ3v) is 4.73. The molecule has 0 saturated carbocycles. The van der Waals surface area contributed by atoms with E-state index in [1.165, 1.54) is 39.1 Å². The molecule has 21 heavy (non-hydrogen) atoms. The minimum atomic E-state index is -0.435. The predicted octanol–water partition coefficient (Wildman–Crippen LogP) is 2.48. The van der Waals surface area contributed by atoms with Crippen molar-refractivity contribution in [3.8, 4) is 5.75 Å². The second-order valence-electron chi connectivity index (χ2n) is 5.88. The van der Waals surface area contributed by atoms with Crippen LogP contribution in [0.4, 0.5) is 10.2 Å². The molecule has 3 saturated heterocycles. The smallest absolute Gasteiger partial charge is 0.213 e. The van der Waals surface area contributed by atoms with E-state index in [9.17, 15) is 4.39 Å². The van der Waals surface area contributed by atoms with Gasteiger partial charge in [-0.25, -0.2) is 4.39 Å². The van der Waals surface area contributed by atoms with Gasteiger partial charge in [0.05, 0.1) is 12.5 Å². The lowest BCUT2D eigenvalue weighted by Crippen LogP contribution is -2.53. The molecular formula is C15H18FN3O2. The zero-order valence-electron chi connectivity index (χ0n) is 11.9. The summed E-state index contributed by atoms with van der Waals surface area (Å²) in [4.78, 5) is 2.47. The van der Waals surface area contributed by atoms with Gasteiger partial charge >= 0.3 is 0 Å². The van der Waals surface area contributed by atoms with Gasteiger partial charge in [-0.05, 0) is 44.0 Å². The molecule has 0 unspecified atom stereocenters. The van der Waals surface area contributed by atoms with E-state index < -0.39 is 5.82 Å². The van der Waals surface area contributed by atoms with Crippen LogP contribution in [0.25, 0.3) is 11.0 Å². The summed E-state index contributed by atoms with van der Waals surface area (Å²) in [7, 11) is 1.43. The SMILES string of the molecule is COc1c(F)ccc2c(N[C@@H]3CN4CCC3CC4)noc12. The molecule has 5 nitrogen and oxygen atoms in total. The Labute approximate surface area is 122 Å². The minimum Gasteiger partial charge on any atom is -0.490 e. The number of aromatic nitrogens is 1. The summed E-state index contributed by atoms with van der Waals surface area (Å²) in [5, 5.41) is 8.32. The number of ether oxygens (including phenoxy) is 1. The molecule has 3 fully saturated rings. The molecule has 2 bridgehead atoms. The van der Waals surface area contributed by atoms with E-state index in [0.29, 0.717) is 23.4 Å². The molecule has 1 atom stereocenters. The Balaban J connectivity index is 1.65. The Kier molecular flexibility index (Phi) is 2.99. The van der Waals surface area contributed by atoms with Gasteiger partial charge in [0.15, 0.2) is 11.6 Å². The molecule has 5 rings (SSSR count). The van der Waals surface area contributed by atoms with Crippen molar-refractivity contribution < 1.29 is 13.7 Å². The maximum absolute atomic E-state index is 13.7. The fourth-order valence-corrected chi connectivity index (χ4v) is 3.55. The summed E-state index contributed by atoms with van der Waals surface area (Å²) in [5.74, 6) is 1.05. The molecule has 6 heteroatoms. The summed E-state index contributed by atoms with van der Waals surface area (Å²) < 4.78 is 24.0. The molecular weight excluding hydrogens is 273 g/mol. The predicted molar refractivity (Wildman–Crippen MR) is 77.1 cm³/mol. The zero-order valence-corrected chi connectivity index (χ0v) is 11.9. The van der Waals surface area contributed by atoms with Gasteiger partial charge < -0.3 is 19.5 Å². The van der Waals surface area contributed by atoms with E-state index in [1.807, 2.05) is 0 Å². The zero-order chi connectivity index (χ0) is 14.4. The quantitative estimate of drug-likeness (QED) is 0.941. The average molecular weight is 291 g/mol. The number of fused-ring (bicyclic) bond motifs is 4. The van der Waals surface area contributed by atoms with E-state index in [1.54, 1.807) is 6.07 Å². The number of rotatable bonds is 3. The molecule has 1 aromatic carbocycles. The van der Waals surface area contributed by atoms with Crippen LogP contribution in [0.2, 0.25) is 0 Å².